The van der Waals surface area contributed by atoms with E-state index in [0.29, 0.717) is 38.6 Å². The van der Waals surface area contributed by atoms with Gasteiger partial charge in [0.2, 0.25) is 0 Å². The lowest BCUT2D eigenvalue weighted by atomic mass is 10.2. The molecule has 0 aliphatic carbocycles. The third-order valence-corrected chi connectivity index (χ3v) is 6.22. The first-order chi connectivity index (χ1) is 17.0. The zero-order valence-corrected chi connectivity index (χ0v) is 20.1. The maximum Gasteiger partial charge on any atom is 0.335 e. The monoisotopic (exact) mass is 506 g/mol. The Balaban J connectivity index is 1.62. The van der Waals surface area contributed by atoms with Gasteiger partial charge in [-0.1, -0.05) is 23.2 Å². The molecule has 1 aliphatic rings. The number of hydrogen-bond acceptors (Lipinski definition) is 3. The third kappa shape index (κ3) is 4.32. The lowest BCUT2D eigenvalue weighted by Gasteiger charge is -2.34. The Morgan fingerprint density at radius 2 is 1.54 bits per heavy atom. The second-order valence-electron chi connectivity index (χ2n) is 7.81. The van der Waals surface area contributed by atoms with Gasteiger partial charge in [0, 0.05) is 33.3 Å². The maximum atomic E-state index is 13.8. The Morgan fingerprint density at radius 3 is 2.17 bits per heavy atom. The first-order valence-corrected chi connectivity index (χ1v) is 11.5. The Labute approximate surface area is 212 Å². The van der Waals surface area contributed by atoms with Crippen molar-refractivity contribution in [1.29, 1.82) is 0 Å². The van der Waals surface area contributed by atoms with E-state index in [4.69, 9.17) is 27.9 Å². The lowest BCUT2D eigenvalue weighted by molar-refractivity contribution is 0.248. The Morgan fingerprint density at radius 1 is 0.914 bits per heavy atom. The Kier molecular flexibility index (Phi) is 6.11. The van der Waals surface area contributed by atoms with E-state index in [1.807, 2.05) is 6.07 Å². The average molecular weight is 507 g/mol. The number of fused-ring (bicyclic) bond motifs is 1. The van der Waals surface area contributed by atoms with Crippen molar-refractivity contribution in [1.82, 2.24) is 4.57 Å². The van der Waals surface area contributed by atoms with Crippen LogP contribution < -0.4 is 19.9 Å². The number of halogens is 2. The molecule has 0 fully saturated rings. The molecule has 0 bridgehead atoms. The molecule has 1 N–H and O–H groups in total. The quantitative estimate of drug-likeness (QED) is 0.316. The summed E-state index contributed by atoms with van der Waals surface area (Å²) in [5.41, 5.74) is 2.39. The van der Waals surface area contributed by atoms with Crippen molar-refractivity contribution in [3.63, 3.8) is 0 Å². The van der Waals surface area contributed by atoms with E-state index in [2.05, 4.69) is 5.32 Å². The fourth-order valence-electron chi connectivity index (χ4n) is 4.06. The number of urea groups is 1. The number of amides is 3. The average Bonchev–Trinajstić information content (AvgIpc) is 3.45. The molecule has 5 rings (SSSR count). The topological polar surface area (TPSA) is 66.8 Å². The van der Waals surface area contributed by atoms with E-state index in [1.165, 1.54) is 4.57 Å². The standard InChI is InChI=1S/C26H20Cl2N4O3/c1-35-22-14-12-20(13-15-22)31(25(33)29-19-8-4-17(27)5-9-19)24-23-3-2-16-30(23)26(34)32(24)21-10-6-18(28)7-11-21/h2-16,24H,1H3,(H,29,33). The summed E-state index contributed by atoms with van der Waals surface area (Å²) < 4.78 is 6.82. The van der Waals surface area contributed by atoms with E-state index >= 15 is 0 Å². The molecule has 1 aliphatic heterocycles. The molecule has 0 radical (unpaired) electrons. The number of nitrogens with zero attached hydrogens (tertiary/aromatic N) is 3. The molecular formula is C26H20Cl2N4O3. The highest BCUT2D eigenvalue weighted by atomic mass is 35.5. The van der Waals surface area contributed by atoms with Gasteiger partial charge in [-0.3, -0.25) is 14.4 Å². The molecular weight excluding hydrogens is 487 g/mol. The van der Waals surface area contributed by atoms with Gasteiger partial charge in [0.05, 0.1) is 12.8 Å². The van der Waals surface area contributed by atoms with Crippen LogP contribution in [0.2, 0.25) is 10.0 Å². The minimum absolute atomic E-state index is 0.282. The number of aromatic nitrogens is 1. The van der Waals surface area contributed by atoms with Crippen LogP contribution in [0.4, 0.5) is 26.7 Å². The van der Waals surface area contributed by atoms with Crippen LogP contribution >= 0.6 is 23.2 Å². The van der Waals surface area contributed by atoms with Crippen LogP contribution in [-0.4, -0.2) is 23.7 Å². The van der Waals surface area contributed by atoms with Gasteiger partial charge in [0.25, 0.3) is 0 Å². The van der Waals surface area contributed by atoms with Gasteiger partial charge < -0.3 is 10.1 Å². The van der Waals surface area contributed by atoms with E-state index in [-0.39, 0.29) is 6.03 Å². The summed E-state index contributed by atoms with van der Waals surface area (Å²) in [5.74, 6) is 0.646. The second-order valence-corrected chi connectivity index (χ2v) is 8.68. The van der Waals surface area contributed by atoms with Crippen LogP contribution in [0.5, 0.6) is 5.75 Å². The molecule has 3 aromatic carbocycles. The number of hydrogen-bond donors (Lipinski definition) is 1. The minimum Gasteiger partial charge on any atom is -0.497 e. The first-order valence-electron chi connectivity index (χ1n) is 10.7. The predicted molar refractivity (Wildman–Crippen MR) is 138 cm³/mol. The summed E-state index contributed by atoms with van der Waals surface area (Å²) in [6.45, 7) is 0. The number of rotatable bonds is 5. The molecule has 176 valence electrons. The highest BCUT2D eigenvalue weighted by molar-refractivity contribution is 6.31. The summed E-state index contributed by atoms with van der Waals surface area (Å²) in [4.78, 5) is 30.4. The highest BCUT2D eigenvalue weighted by Crippen LogP contribution is 2.40. The van der Waals surface area contributed by atoms with E-state index in [1.54, 1.807) is 102 Å². The first kappa shape index (κ1) is 22.8. The molecule has 1 aromatic heterocycles. The molecule has 35 heavy (non-hydrogen) atoms. The van der Waals surface area contributed by atoms with Gasteiger partial charge in [-0.25, -0.2) is 9.59 Å². The normalized spacial score (nSPS) is 14.5. The van der Waals surface area contributed by atoms with Gasteiger partial charge in [0.1, 0.15) is 5.75 Å². The van der Waals surface area contributed by atoms with Gasteiger partial charge in [-0.05, 0) is 84.9 Å². The number of nitrogens with one attached hydrogen (secondary N) is 1. The summed E-state index contributed by atoms with van der Waals surface area (Å²) in [5, 5.41) is 4.02. The zero-order valence-electron chi connectivity index (χ0n) is 18.6. The fourth-order valence-corrected chi connectivity index (χ4v) is 4.31. The number of methoxy groups -OCH3 is 1. The second kappa shape index (κ2) is 9.37. The molecule has 3 amide bonds. The number of carbonyl (C=O) groups excluding carboxylic acids is 2. The summed E-state index contributed by atoms with van der Waals surface area (Å²) in [6.07, 6.45) is 0.920. The van der Waals surface area contributed by atoms with Gasteiger partial charge >= 0.3 is 12.1 Å². The van der Waals surface area contributed by atoms with Crippen LogP contribution in [0, 0.1) is 0 Å². The molecule has 1 atom stereocenters. The van der Waals surface area contributed by atoms with Crippen molar-refractivity contribution in [2.75, 3.05) is 22.2 Å². The molecule has 0 saturated heterocycles. The van der Waals surface area contributed by atoms with Crippen molar-refractivity contribution in [2.45, 2.75) is 6.17 Å². The molecule has 0 spiro atoms. The van der Waals surface area contributed by atoms with Crippen LogP contribution in [-0.2, 0) is 0 Å². The maximum absolute atomic E-state index is 13.8. The molecule has 7 nitrogen and oxygen atoms in total. The number of carbonyl (C=O) groups is 2. The highest BCUT2D eigenvalue weighted by Gasteiger charge is 2.43. The lowest BCUT2D eigenvalue weighted by Crippen LogP contribution is -2.45. The summed E-state index contributed by atoms with van der Waals surface area (Å²) in [7, 11) is 1.57. The molecule has 2 heterocycles. The zero-order chi connectivity index (χ0) is 24.5. The van der Waals surface area contributed by atoms with E-state index < -0.39 is 12.2 Å². The molecule has 9 heteroatoms. The summed E-state index contributed by atoms with van der Waals surface area (Å²) >= 11 is 12.1. The SMILES string of the molecule is COc1ccc(N(C(=O)Nc2ccc(Cl)cc2)C2c3cccn3C(=O)N2c2ccc(Cl)cc2)cc1. The third-order valence-electron chi connectivity index (χ3n) is 5.72. The van der Waals surface area contributed by atoms with Crippen molar-refractivity contribution < 1.29 is 14.3 Å². The van der Waals surface area contributed by atoms with Crippen molar-refractivity contribution in [3.05, 3.63) is 107 Å². The van der Waals surface area contributed by atoms with Crippen LogP contribution in [0.25, 0.3) is 0 Å². The van der Waals surface area contributed by atoms with Gasteiger partial charge in [0.15, 0.2) is 6.17 Å². The van der Waals surface area contributed by atoms with Gasteiger partial charge in [-0.2, -0.15) is 0 Å². The van der Waals surface area contributed by atoms with Crippen LogP contribution in [0.3, 0.4) is 0 Å². The molecule has 4 aromatic rings. The fraction of sp³-hybridized carbons (Fsp3) is 0.0769. The van der Waals surface area contributed by atoms with Crippen molar-refractivity contribution in [2.24, 2.45) is 0 Å². The van der Waals surface area contributed by atoms with Crippen LogP contribution in [0.1, 0.15) is 11.9 Å². The predicted octanol–water partition coefficient (Wildman–Crippen LogP) is 7.03. The molecule has 1 unspecified atom stereocenters. The van der Waals surface area contributed by atoms with Gasteiger partial charge in [-0.15, -0.1) is 0 Å². The number of benzene rings is 3. The summed E-state index contributed by atoms with van der Waals surface area (Å²) in [6, 6.07) is 23.7. The Bertz CT molecular complexity index is 1370. The smallest absolute Gasteiger partial charge is 0.335 e. The van der Waals surface area contributed by atoms with E-state index in [0.717, 1.165) is 0 Å². The number of ether oxygens (including phenoxy) is 1. The van der Waals surface area contributed by atoms with Crippen molar-refractivity contribution in [3.8, 4) is 5.75 Å². The van der Waals surface area contributed by atoms with Crippen molar-refractivity contribution >= 4 is 52.3 Å². The number of anilines is 3. The van der Waals surface area contributed by atoms with E-state index in [9.17, 15) is 9.59 Å². The Hall–Kier alpha value is -3.94. The van der Waals surface area contributed by atoms with Crippen LogP contribution in [0.15, 0.2) is 91.1 Å². The largest absolute Gasteiger partial charge is 0.497 e. The minimum atomic E-state index is -0.764. The molecule has 0 saturated carbocycles.